The number of nitrogens with zero attached hydrogens (tertiary/aromatic N) is 4. The van der Waals surface area contributed by atoms with Crippen LogP contribution in [0.4, 0.5) is 11.4 Å². The first kappa shape index (κ1) is 23.9. The summed E-state index contributed by atoms with van der Waals surface area (Å²) < 4.78 is 24.5. The Labute approximate surface area is 210 Å². The van der Waals surface area contributed by atoms with Crippen LogP contribution in [0.2, 0.25) is 0 Å². The van der Waals surface area contributed by atoms with E-state index in [2.05, 4.69) is 52.4 Å². The Bertz CT molecular complexity index is 1250. The van der Waals surface area contributed by atoms with Gasteiger partial charge in [-0.05, 0) is 55.0 Å². The van der Waals surface area contributed by atoms with Gasteiger partial charge in [-0.2, -0.15) is 10.3 Å². The molecule has 3 fully saturated rings. The molecule has 2 aromatic carbocycles. The number of aliphatic imine (C=N–C) groups is 1. The third-order valence-electron chi connectivity index (χ3n) is 6.99. The summed E-state index contributed by atoms with van der Waals surface area (Å²) in [5.74, 6) is 0.325. The lowest BCUT2D eigenvalue weighted by atomic mass is 9.90. The SMILES string of the molecule is N#CCC(=O)N=C1S[C@H]2CS(=O)(=O)C[C@@H]2N1c1ccc(N2CCC(Cc3ccccc3)CC2)cc1. The molecule has 0 saturated carbocycles. The second kappa shape index (κ2) is 10.0. The van der Waals surface area contributed by atoms with Crippen molar-refractivity contribution >= 4 is 44.0 Å². The molecule has 3 saturated heterocycles. The molecule has 0 aliphatic carbocycles. The Morgan fingerprint density at radius 3 is 2.40 bits per heavy atom. The standard InChI is InChI=1S/C26H28N4O3S2/c27-13-10-25(31)28-26-30(23-17-35(32,33)18-24(23)34-26)22-8-6-21(7-9-22)29-14-11-20(12-15-29)16-19-4-2-1-3-5-19/h1-9,20,23-24H,10-12,14-18H2/t23-,24-/m0/s1. The van der Waals surface area contributed by atoms with Crippen molar-refractivity contribution in [2.75, 3.05) is 34.4 Å². The summed E-state index contributed by atoms with van der Waals surface area (Å²) >= 11 is 1.33. The van der Waals surface area contributed by atoms with Crippen LogP contribution in [0.25, 0.3) is 0 Å². The van der Waals surface area contributed by atoms with Gasteiger partial charge in [0.25, 0.3) is 5.91 Å². The van der Waals surface area contributed by atoms with Crippen LogP contribution in [-0.4, -0.2) is 55.4 Å². The van der Waals surface area contributed by atoms with Crippen LogP contribution in [0.15, 0.2) is 59.6 Å². The number of nitriles is 1. The maximum absolute atomic E-state index is 12.3. The summed E-state index contributed by atoms with van der Waals surface area (Å²) in [4.78, 5) is 20.5. The van der Waals surface area contributed by atoms with E-state index >= 15 is 0 Å². The average molecular weight is 509 g/mol. The number of carbonyl (C=O) groups is 1. The number of piperidine rings is 1. The van der Waals surface area contributed by atoms with Crippen molar-refractivity contribution in [3.63, 3.8) is 0 Å². The van der Waals surface area contributed by atoms with Gasteiger partial charge in [0.05, 0.1) is 23.6 Å². The van der Waals surface area contributed by atoms with Gasteiger partial charge in [0.15, 0.2) is 15.0 Å². The first-order valence-electron chi connectivity index (χ1n) is 12.0. The lowest BCUT2D eigenvalue weighted by Gasteiger charge is -2.34. The minimum Gasteiger partial charge on any atom is -0.372 e. The van der Waals surface area contributed by atoms with Gasteiger partial charge in [0, 0.05) is 29.7 Å². The van der Waals surface area contributed by atoms with Crippen LogP contribution in [0, 0.1) is 17.2 Å². The fourth-order valence-corrected chi connectivity index (χ4v) is 9.18. The minimum absolute atomic E-state index is 0.0484. The number of carbonyl (C=O) groups excluding carboxylic acids is 1. The average Bonchev–Trinajstić information content (AvgIpc) is 3.31. The first-order valence-corrected chi connectivity index (χ1v) is 14.7. The molecule has 5 rings (SSSR count). The second-order valence-electron chi connectivity index (χ2n) is 9.43. The van der Waals surface area contributed by atoms with Gasteiger partial charge in [-0.25, -0.2) is 8.42 Å². The number of hydrogen-bond acceptors (Lipinski definition) is 6. The van der Waals surface area contributed by atoms with E-state index < -0.39 is 15.7 Å². The van der Waals surface area contributed by atoms with E-state index in [1.54, 1.807) is 0 Å². The van der Waals surface area contributed by atoms with E-state index in [-0.39, 0.29) is 29.2 Å². The molecule has 0 unspecified atom stereocenters. The van der Waals surface area contributed by atoms with Crippen molar-refractivity contribution in [1.82, 2.24) is 0 Å². The zero-order valence-corrected chi connectivity index (χ0v) is 21.0. The maximum Gasteiger partial charge on any atom is 0.262 e. The predicted molar refractivity (Wildman–Crippen MR) is 140 cm³/mol. The molecule has 0 spiro atoms. The molecular weight excluding hydrogens is 480 g/mol. The van der Waals surface area contributed by atoms with Crippen molar-refractivity contribution in [3.8, 4) is 6.07 Å². The molecule has 35 heavy (non-hydrogen) atoms. The molecule has 7 nitrogen and oxygen atoms in total. The van der Waals surface area contributed by atoms with Gasteiger partial charge < -0.3 is 9.80 Å². The van der Waals surface area contributed by atoms with Gasteiger partial charge in [0.2, 0.25) is 0 Å². The topological polar surface area (TPSA) is 93.8 Å². The molecule has 0 radical (unpaired) electrons. The zero-order valence-electron chi connectivity index (χ0n) is 19.4. The Balaban J connectivity index is 1.29. The maximum atomic E-state index is 12.3. The fraction of sp³-hybridized carbons (Fsp3) is 0.423. The van der Waals surface area contributed by atoms with Crippen LogP contribution in [-0.2, 0) is 21.1 Å². The molecule has 0 bridgehead atoms. The fourth-order valence-electron chi connectivity index (χ4n) is 5.25. The molecule has 3 aliphatic rings. The Morgan fingerprint density at radius 1 is 1.03 bits per heavy atom. The number of thioether (sulfide) groups is 1. The van der Waals surface area contributed by atoms with Crippen molar-refractivity contribution < 1.29 is 13.2 Å². The van der Waals surface area contributed by atoms with Crippen LogP contribution >= 0.6 is 11.8 Å². The normalized spacial score (nSPS) is 24.9. The van der Waals surface area contributed by atoms with Gasteiger partial charge in [-0.15, -0.1) is 0 Å². The summed E-state index contributed by atoms with van der Waals surface area (Å²) in [6.45, 7) is 2.02. The van der Waals surface area contributed by atoms with Crippen molar-refractivity contribution in [3.05, 3.63) is 60.2 Å². The van der Waals surface area contributed by atoms with E-state index in [0.29, 0.717) is 11.1 Å². The first-order chi connectivity index (χ1) is 16.9. The number of hydrogen-bond donors (Lipinski definition) is 0. The molecule has 2 aromatic rings. The Kier molecular flexibility index (Phi) is 6.85. The zero-order chi connectivity index (χ0) is 24.4. The smallest absolute Gasteiger partial charge is 0.262 e. The van der Waals surface area contributed by atoms with Gasteiger partial charge in [-0.1, -0.05) is 42.1 Å². The Morgan fingerprint density at radius 2 is 1.71 bits per heavy atom. The van der Waals surface area contributed by atoms with Crippen LogP contribution in [0.1, 0.15) is 24.8 Å². The third-order valence-corrected chi connectivity index (χ3v) is 10.2. The number of benzene rings is 2. The lowest BCUT2D eigenvalue weighted by molar-refractivity contribution is -0.116. The third kappa shape index (κ3) is 5.39. The van der Waals surface area contributed by atoms with Crippen molar-refractivity contribution in [2.24, 2.45) is 10.9 Å². The molecule has 3 heterocycles. The summed E-state index contributed by atoms with van der Waals surface area (Å²) in [7, 11) is -3.12. The number of amides is 1. The van der Waals surface area contributed by atoms with E-state index in [1.165, 1.54) is 17.3 Å². The summed E-state index contributed by atoms with van der Waals surface area (Å²) in [6, 6.07) is 20.4. The molecule has 2 atom stereocenters. The van der Waals surface area contributed by atoms with Gasteiger partial charge in [-0.3, -0.25) is 4.79 Å². The molecule has 3 aliphatic heterocycles. The number of amidine groups is 1. The highest BCUT2D eigenvalue weighted by Crippen LogP contribution is 2.41. The van der Waals surface area contributed by atoms with E-state index in [1.807, 2.05) is 23.1 Å². The summed E-state index contributed by atoms with van der Waals surface area (Å²) in [5, 5.41) is 9.16. The quantitative estimate of drug-likeness (QED) is 0.608. The van der Waals surface area contributed by atoms with E-state index in [4.69, 9.17) is 5.26 Å². The van der Waals surface area contributed by atoms with Crippen LogP contribution < -0.4 is 9.80 Å². The van der Waals surface area contributed by atoms with E-state index in [0.717, 1.165) is 43.7 Å². The number of anilines is 2. The molecule has 9 heteroatoms. The van der Waals surface area contributed by atoms with Crippen LogP contribution in [0.3, 0.4) is 0 Å². The molecule has 182 valence electrons. The lowest BCUT2D eigenvalue weighted by Crippen LogP contribution is -2.38. The number of fused-ring (bicyclic) bond motifs is 1. The monoisotopic (exact) mass is 508 g/mol. The highest BCUT2D eigenvalue weighted by Gasteiger charge is 2.49. The van der Waals surface area contributed by atoms with Gasteiger partial charge >= 0.3 is 0 Å². The second-order valence-corrected chi connectivity index (χ2v) is 12.8. The Hall–Kier alpha value is -2.83. The molecule has 1 amide bonds. The van der Waals surface area contributed by atoms with Crippen molar-refractivity contribution in [1.29, 1.82) is 5.26 Å². The number of sulfone groups is 1. The molecule has 0 aromatic heterocycles. The minimum atomic E-state index is -3.12. The number of rotatable bonds is 5. The largest absolute Gasteiger partial charge is 0.372 e. The van der Waals surface area contributed by atoms with Gasteiger partial charge in [0.1, 0.15) is 6.42 Å². The van der Waals surface area contributed by atoms with Crippen molar-refractivity contribution in [2.45, 2.75) is 37.0 Å². The van der Waals surface area contributed by atoms with E-state index in [9.17, 15) is 13.2 Å². The summed E-state index contributed by atoms with van der Waals surface area (Å²) in [5.41, 5.74) is 3.37. The highest BCUT2D eigenvalue weighted by atomic mass is 32.2. The van der Waals surface area contributed by atoms with Crippen LogP contribution in [0.5, 0.6) is 0 Å². The molecule has 0 N–H and O–H groups in total. The highest BCUT2D eigenvalue weighted by molar-refractivity contribution is 8.16. The summed E-state index contributed by atoms with van der Waals surface area (Å²) in [6.07, 6.45) is 3.14. The predicted octanol–water partition coefficient (Wildman–Crippen LogP) is 3.66. The molecular formula is C26H28N4O3S2.